The molecular weight excluding hydrogens is 369 g/mol. The maximum atomic E-state index is 13.3. The molecule has 2 aromatic heterocycles. The lowest BCUT2D eigenvalue weighted by Crippen LogP contribution is -2.01. The highest BCUT2D eigenvalue weighted by Crippen LogP contribution is 2.29. The normalized spacial score (nSPS) is 11.2. The first-order chi connectivity index (χ1) is 13.0. The minimum absolute atomic E-state index is 0.0189. The molecular formula is C18H14FN5O2S. The summed E-state index contributed by atoms with van der Waals surface area (Å²) in [4.78, 5) is 19.5. The average Bonchev–Trinajstić information content (AvgIpc) is 3.23. The zero-order valence-electron chi connectivity index (χ0n) is 14.2. The van der Waals surface area contributed by atoms with Gasteiger partial charge in [0.15, 0.2) is 5.16 Å². The lowest BCUT2D eigenvalue weighted by Gasteiger charge is -2.09. The van der Waals surface area contributed by atoms with Gasteiger partial charge in [-0.05, 0) is 30.3 Å². The number of thioether (sulfide) groups is 1. The van der Waals surface area contributed by atoms with E-state index in [0.717, 1.165) is 16.4 Å². The predicted molar refractivity (Wildman–Crippen MR) is 100 cm³/mol. The van der Waals surface area contributed by atoms with Crippen molar-refractivity contribution in [3.63, 3.8) is 0 Å². The molecule has 136 valence electrons. The Bertz CT molecular complexity index is 1140. The summed E-state index contributed by atoms with van der Waals surface area (Å²) in [6.07, 6.45) is 3.57. The van der Waals surface area contributed by atoms with E-state index in [4.69, 9.17) is 0 Å². The van der Waals surface area contributed by atoms with E-state index in [0.29, 0.717) is 17.1 Å². The third-order valence-corrected chi connectivity index (χ3v) is 5.16. The summed E-state index contributed by atoms with van der Waals surface area (Å²) in [6.45, 7) is 0. The van der Waals surface area contributed by atoms with Crippen molar-refractivity contribution < 1.29 is 9.31 Å². The van der Waals surface area contributed by atoms with E-state index in [2.05, 4.69) is 9.97 Å². The fourth-order valence-electron chi connectivity index (χ4n) is 2.83. The SMILES string of the molecule is Cn1ccnc1SCc1nc2cc([N+](=O)[O-])ccc2n1-c1ccc(F)cc1. The van der Waals surface area contributed by atoms with Crippen molar-refractivity contribution in [2.45, 2.75) is 10.9 Å². The molecule has 0 saturated carbocycles. The second kappa shape index (κ2) is 6.84. The number of rotatable bonds is 5. The van der Waals surface area contributed by atoms with Crippen LogP contribution in [0, 0.1) is 15.9 Å². The number of aryl methyl sites for hydroxylation is 1. The van der Waals surface area contributed by atoms with Crippen molar-refractivity contribution in [2.24, 2.45) is 7.05 Å². The molecule has 2 aromatic carbocycles. The van der Waals surface area contributed by atoms with Crippen molar-refractivity contribution in [2.75, 3.05) is 0 Å². The van der Waals surface area contributed by atoms with Crippen molar-refractivity contribution in [1.29, 1.82) is 0 Å². The summed E-state index contributed by atoms with van der Waals surface area (Å²) in [5, 5.41) is 11.9. The van der Waals surface area contributed by atoms with Crippen LogP contribution in [0.4, 0.5) is 10.1 Å². The summed E-state index contributed by atoms with van der Waals surface area (Å²) < 4.78 is 17.1. The Kier molecular flexibility index (Phi) is 4.36. The highest BCUT2D eigenvalue weighted by atomic mass is 32.2. The number of nitro groups is 1. The fraction of sp³-hybridized carbons (Fsp3) is 0.111. The van der Waals surface area contributed by atoms with E-state index in [1.807, 2.05) is 22.4 Å². The highest BCUT2D eigenvalue weighted by molar-refractivity contribution is 7.98. The molecule has 0 fully saturated rings. The van der Waals surface area contributed by atoms with Crippen LogP contribution >= 0.6 is 11.8 Å². The van der Waals surface area contributed by atoms with Crippen LogP contribution in [-0.2, 0) is 12.8 Å². The van der Waals surface area contributed by atoms with Gasteiger partial charge >= 0.3 is 0 Å². The summed E-state index contributed by atoms with van der Waals surface area (Å²) in [6, 6.07) is 10.6. The number of imidazole rings is 2. The van der Waals surface area contributed by atoms with Gasteiger partial charge in [0.05, 0.1) is 21.7 Å². The maximum Gasteiger partial charge on any atom is 0.271 e. The lowest BCUT2D eigenvalue weighted by atomic mass is 10.2. The van der Waals surface area contributed by atoms with E-state index in [1.54, 1.807) is 24.4 Å². The first kappa shape index (κ1) is 17.2. The molecule has 0 spiro atoms. The molecule has 0 atom stereocenters. The Balaban J connectivity index is 1.82. The standard InChI is InChI=1S/C18H14FN5O2S/c1-22-9-8-20-18(22)27-11-17-21-15-10-14(24(25)26)6-7-16(15)23(17)13-4-2-12(19)3-5-13/h2-10H,11H2,1H3. The molecule has 27 heavy (non-hydrogen) atoms. The quantitative estimate of drug-likeness (QED) is 0.295. The van der Waals surface area contributed by atoms with Gasteiger partial charge in [0, 0.05) is 37.3 Å². The molecule has 0 N–H and O–H groups in total. The Morgan fingerprint density at radius 2 is 2.00 bits per heavy atom. The Morgan fingerprint density at radius 1 is 1.22 bits per heavy atom. The molecule has 4 aromatic rings. The number of nitrogens with zero attached hydrogens (tertiary/aromatic N) is 5. The van der Waals surface area contributed by atoms with E-state index in [9.17, 15) is 14.5 Å². The van der Waals surface area contributed by atoms with Gasteiger partial charge in [-0.1, -0.05) is 11.8 Å². The van der Waals surface area contributed by atoms with E-state index >= 15 is 0 Å². The van der Waals surface area contributed by atoms with Crippen LogP contribution in [0.15, 0.2) is 60.0 Å². The number of aromatic nitrogens is 4. The molecule has 7 nitrogen and oxygen atoms in total. The molecule has 0 aliphatic rings. The van der Waals surface area contributed by atoms with Gasteiger partial charge in [-0.25, -0.2) is 14.4 Å². The van der Waals surface area contributed by atoms with Gasteiger partial charge in [0.2, 0.25) is 0 Å². The van der Waals surface area contributed by atoms with Gasteiger partial charge in [0.1, 0.15) is 11.6 Å². The number of fused-ring (bicyclic) bond motifs is 1. The van der Waals surface area contributed by atoms with Crippen LogP contribution < -0.4 is 0 Å². The molecule has 0 radical (unpaired) electrons. The van der Waals surface area contributed by atoms with Gasteiger partial charge in [0.25, 0.3) is 5.69 Å². The Hall–Kier alpha value is -3.20. The number of non-ortho nitro benzene ring substituents is 1. The monoisotopic (exact) mass is 383 g/mol. The molecule has 0 unspecified atom stereocenters. The molecule has 4 rings (SSSR count). The first-order valence-corrected chi connectivity index (χ1v) is 9.03. The van der Waals surface area contributed by atoms with Gasteiger partial charge in [-0.2, -0.15) is 0 Å². The van der Waals surface area contributed by atoms with E-state index < -0.39 is 4.92 Å². The van der Waals surface area contributed by atoms with Crippen molar-refractivity contribution >= 4 is 28.5 Å². The van der Waals surface area contributed by atoms with Gasteiger partial charge in [-0.3, -0.25) is 14.7 Å². The number of halogens is 1. The summed E-state index contributed by atoms with van der Waals surface area (Å²) in [7, 11) is 1.90. The van der Waals surface area contributed by atoms with E-state index in [-0.39, 0.29) is 11.5 Å². The molecule has 0 amide bonds. The molecule has 9 heteroatoms. The summed E-state index contributed by atoms with van der Waals surface area (Å²) in [5.74, 6) is 0.873. The number of hydrogen-bond acceptors (Lipinski definition) is 5. The van der Waals surface area contributed by atoms with Crippen LogP contribution in [0.5, 0.6) is 0 Å². The Morgan fingerprint density at radius 3 is 2.67 bits per heavy atom. The third kappa shape index (κ3) is 3.28. The second-order valence-electron chi connectivity index (χ2n) is 5.88. The topological polar surface area (TPSA) is 78.8 Å². The van der Waals surface area contributed by atoms with Gasteiger partial charge in [-0.15, -0.1) is 0 Å². The fourth-order valence-corrected chi connectivity index (χ4v) is 3.68. The predicted octanol–water partition coefficient (Wildman–Crippen LogP) is 4.10. The zero-order valence-corrected chi connectivity index (χ0v) is 15.1. The van der Waals surface area contributed by atoms with Gasteiger partial charge < -0.3 is 4.57 Å². The smallest absolute Gasteiger partial charge is 0.271 e. The van der Waals surface area contributed by atoms with E-state index in [1.165, 1.54) is 36.0 Å². The summed E-state index contributed by atoms with van der Waals surface area (Å²) in [5.41, 5.74) is 1.96. The maximum absolute atomic E-state index is 13.3. The minimum Gasteiger partial charge on any atom is -0.329 e. The number of benzene rings is 2. The molecule has 0 aliphatic heterocycles. The summed E-state index contributed by atoms with van der Waals surface area (Å²) >= 11 is 1.51. The molecule has 0 aliphatic carbocycles. The third-order valence-electron chi connectivity index (χ3n) is 4.11. The minimum atomic E-state index is -0.446. The van der Waals surface area contributed by atoms with Crippen LogP contribution in [0.3, 0.4) is 0 Å². The van der Waals surface area contributed by atoms with Crippen molar-refractivity contribution in [3.05, 3.63) is 76.6 Å². The molecule has 0 saturated heterocycles. The number of nitro benzene ring substituents is 1. The largest absolute Gasteiger partial charge is 0.329 e. The number of hydrogen-bond donors (Lipinski definition) is 0. The Labute approximate surface area is 157 Å². The second-order valence-corrected chi connectivity index (χ2v) is 6.82. The lowest BCUT2D eigenvalue weighted by molar-refractivity contribution is -0.384. The van der Waals surface area contributed by atoms with Crippen LogP contribution in [0.1, 0.15) is 5.82 Å². The van der Waals surface area contributed by atoms with Crippen LogP contribution in [-0.4, -0.2) is 24.0 Å². The van der Waals surface area contributed by atoms with Crippen molar-refractivity contribution in [3.8, 4) is 5.69 Å². The molecule has 0 bridgehead atoms. The van der Waals surface area contributed by atoms with Crippen LogP contribution in [0.2, 0.25) is 0 Å². The van der Waals surface area contributed by atoms with Crippen molar-refractivity contribution in [1.82, 2.24) is 19.1 Å². The first-order valence-electron chi connectivity index (χ1n) is 8.05. The zero-order chi connectivity index (χ0) is 19.0. The molecule has 2 heterocycles. The van der Waals surface area contributed by atoms with Crippen LogP contribution in [0.25, 0.3) is 16.7 Å². The average molecular weight is 383 g/mol. The highest BCUT2D eigenvalue weighted by Gasteiger charge is 2.17.